The number of amides is 1. The van der Waals surface area contributed by atoms with Crippen LogP contribution >= 0.6 is 0 Å². The number of carbonyl (C=O) groups excluding carboxylic acids is 2. The molecule has 0 unspecified atom stereocenters. The van der Waals surface area contributed by atoms with E-state index in [2.05, 4.69) is 11.0 Å². The zero-order chi connectivity index (χ0) is 20.1. The number of Topliss-reactive ketones (excluding diaryl/α,β-unsaturated/α-hetero) is 1. The van der Waals surface area contributed by atoms with Gasteiger partial charge < -0.3 is 4.90 Å². The molecule has 0 N–H and O–H groups in total. The lowest BCUT2D eigenvalue weighted by Gasteiger charge is -2.40. The Morgan fingerprint density at radius 1 is 1.14 bits per heavy atom. The smallest absolute Gasteiger partial charge is 0.237 e. The number of likely N-dealkylation sites (tertiary alicyclic amines) is 1. The molecule has 150 valence electrons. The molecule has 0 bridgehead atoms. The summed E-state index contributed by atoms with van der Waals surface area (Å²) in [4.78, 5) is 29.3. The van der Waals surface area contributed by atoms with Crippen LogP contribution in [0.1, 0.15) is 60.9 Å². The molecule has 0 spiro atoms. The SMILES string of the molecule is Cc1ccc(C(=O)C2CCN(CC(=O)N(C)C3(C#N)CCCCC3)CC2)cc1. The Balaban J connectivity index is 1.52. The summed E-state index contributed by atoms with van der Waals surface area (Å²) in [5.74, 6) is 0.274. The fourth-order valence-electron chi connectivity index (χ4n) is 4.50. The molecule has 2 fully saturated rings. The third kappa shape index (κ3) is 4.44. The molecule has 1 aromatic carbocycles. The van der Waals surface area contributed by atoms with Crippen molar-refractivity contribution in [3.63, 3.8) is 0 Å². The first-order valence-corrected chi connectivity index (χ1v) is 10.5. The topological polar surface area (TPSA) is 64.4 Å². The highest BCUT2D eigenvalue weighted by Gasteiger charge is 2.39. The van der Waals surface area contributed by atoms with Gasteiger partial charge in [-0.1, -0.05) is 49.1 Å². The van der Waals surface area contributed by atoms with Crippen molar-refractivity contribution >= 4 is 11.7 Å². The van der Waals surface area contributed by atoms with Crippen LogP contribution in [0.5, 0.6) is 0 Å². The van der Waals surface area contributed by atoms with Crippen LogP contribution in [0.3, 0.4) is 0 Å². The highest BCUT2D eigenvalue weighted by Crippen LogP contribution is 2.32. The zero-order valence-corrected chi connectivity index (χ0v) is 17.1. The molecule has 1 aliphatic carbocycles. The van der Waals surface area contributed by atoms with Crippen LogP contribution < -0.4 is 0 Å². The molecule has 0 aromatic heterocycles. The number of nitriles is 1. The Hall–Kier alpha value is -2.19. The molecule has 1 saturated heterocycles. The number of nitrogens with zero attached hydrogens (tertiary/aromatic N) is 3. The van der Waals surface area contributed by atoms with Crippen LogP contribution in [0.2, 0.25) is 0 Å². The first-order valence-electron chi connectivity index (χ1n) is 10.5. The first kappa shape index (κ1) is 20.5. The lowest BCUT2D eigenvalue weighted by molar-refractivity contribution is -0.136. The molecule has 1 heterocycles. The Morgan fingerprint density at radius 3 is 2.32 bits per heavy atom. The molecular formula is C23H31N3O2. The highest BCUT2D eigenvalue weighted by molar-refractivity contribution is 5.98. The fraction of sp³-hybridized carbons (Fsp3) is 0.609. The molecule has 1 amide bonds. The van der Waals surface area contributed by atoms with Gasteiger partial charge in [-0.2, -0.15) is 5.26 Å². The van der Waals surface area contributed by atoms with Gasteiger partial charge in [0.15, 0.2) is 5.78 Å². The van der Waals surface area contributed by atoms with E-state index in [1.54, 1.807) is 11.9 Å². The largest absolute Gasteiger partial charge is 0.326 e. The van der Waals surface area contributed by atoms with Gasteiger partial charge in [0.25, 0.3) is 0 Å². The molecule has 2 aliphatic rings. The molecule has 5 nitrogen and oxygen atoms in total. The predicted octanol–water partition coefficient (Wildman–Crippen LogP) is 3.57. The van der Waals surface area contributed by atoms with E-state index in [9.17, 15) is 14.9 Å². The second-order valence-electron chi connectivity index (χ2n) is 8.44. The average molecular weight is 382 g/mol. The van der Waals surface area contributed by atoms with Crippen LogP contribution in [-0.2, 0) is 4.79 Å². The van der Waals surface area contributed by atoms with Gasteiger partial charge in [0, 0.05) is 18.5 Å². The highest BCUT2D eigenvalue weighted by atomic mass is 16.2. The van der Waals surface area contributed by atoms with E-state index in [4.69, 9.17) is 0 Å². The van der Waals surface area contributed by atoms with E-state index in [0.717, 1.165) is 69.2 Å². The Morgan fingerprint density at radius 2 is 1.75 bits per heavy atom. The number of aryl methyl sites for hydroxylation is 1. The van der Waals surface area contributed by atoms with Crippen molar-refractivity contribution in [2.75, 3.05) is 26.7 Å². The van der Waals surface area contributed by atoms with Gasteiger partial charge in [0.05, 0.1) is 12.6 Å². The lowest BCUT2D eigenvalue weighted by Crippen LogP contribution is -2.53. The number of piperidine rings is 1. The van der Waals surface area contributed by atoms with E-state index >= 15 is 0 Å². The number of rotatable bonds is 5. The van der Waals surface area contributed by atoms with Gasteiger partial charge in [-0.05, 0) is 45.7 Å². The van der Waals surface area contributed by atoms with Gasteiger partial charge in [-0.25, -0.2) is 0 Å². The lowest BCUT2D eigenvalue weighted by atomic mass is 9.81. The van der Waals surface area contributed by atoms with Gasteiger partial charge >= 0.3 is 0 Å². The van der Waals surface area contributed by atoms with Crippen molar-refractivity contribution in [3.8, 4) is 6.07 Å². The number of hydrogen-bond donors (Lipinski definition) is 0. The van der Waals surface area contributed by atoms with Gasteiger partial charge in [-0.3, -0.25) is 14.5 Å². The maximum atomic E-state index is 12.8. The summed E-state index contributed by atoms with van der Waals surface area (Å²) in [5, 5.41) is 9.69. The summed E-state index contributed by atoms with van der Waals surface area (Å²) in [6.07, 6.45) is 6.29. The first-order chi connectivity index (χ1) is 13.4. The van der Waals surface area contributed by atoms with Crippen molar-refractivity contribution in [1.82, 2.24) is 9.80 Å². The number of benzene rings is 1. The van der Waals surface area contributed by atoms with Gasteiger partial charge in [0.1, 0.15) is 5.54 Å². The van der Waals surface area contributed by atoms with Crippen molar-refractivity contribution in [2.24, 2.45) is 5.92 Å². The quantitative estimate of drug-likeness (QED) is 0.732. The summed E-state index contributed by atoms with van der Waals surface area (Å²) in [7, 11) is 1.78. The molecule has 28 heavy (non-hydrogen) atoms. The van der Waals surface area contributed by atoms with Crippen molar-refractivity contribution in [1.29, 1.82) is 5.26 Å². The fourth-order valence-corrected chi connectivity index (χ4v) is 4.50. The minimum Gasteiger partial charge on any atom is -0.326 e. The van der Waals surface area contributed by atoms with Gasteiger partial charge in [0.2, 0.25) is 5.91 Å². The van der Waals surface area contributed by atoms with Crippen LogP contribution in [0, 0.1) is 24.2 Å². The molecule has 1 aromatic rings. The van der Waals surface area contributed by atoms with Crippen molar-refractivity contribution in [2.45, 2.75) is 57.4 Å². The van der Waals surface area contributed by atoms with E-state index in [1.807, 2.05) is 31.2 Å². The van der Waals surface area contributed by atoms with E-state index in [1.165, 1.54) is 0 Å². The summed E-state index contributed by atoms with van der Waals surface area (Å²) in [5.41, 5.74) is 1.31. The maximum Gasteiger partial charge on any atom is 0.237 e. The maximum absolute atomic E-state index is 12.8. The molecule has 0 atom stereocenters. The van der Waals surface area contributed by atoms with Gasteiger partial charge in [-0.15, -0.1) is 0 Å². The minimum absolute atomic E-state index is 0.0201. The summed E-state index contributed by atoms with van der Waals surface area (Å²) < 4.78 is 0. The second kappa shape index (κ2) is 8.87. The Kier molecular flexibility index (Phi) is 6.51. The third-order valence-corrected chi connectivity index (χ3v) is 6.56. The monoisotopic (exact) mass is 381 g/mol. The van der Waals surface area contributed by atoms with E-state index < -0.39 is 5.54 Å². The number of carbonyl (C=O) groups is 2. The third-order valence-electron chi connectivity index (χ3n) is 6.56. The molecule has 3 rings (SSSR count). The summed E-state index contributed by atoms with van der Waals surface area (Å²) >= 11 is 0. The summed E-state index contributed by atoms with van der Waals surface area (Å²) in [6, 6.07) is 10.2. The normalized spacial score (nSPS) is 20.3. The molecule has 5 heteroatoms. The molecule has 1 aliphatic heterocycles. The number of likely N-dealkylation sites (N-methyl/N-ethyl adjacent to an activating group) is 1. The second-order valence-corrected chi connectivity index (χ2v) is 8.44. The van der Waals surface area contributed by atoms with Crippen molar-refractivity contribution < 1.29 is 9.59 Å². The zero-order valence-electron chi connectivity index (χ0n) is 17.1. The van der Waals surface area contributed by atoms with E-state index in [0.29, 0.717) is 6.54 Å². The van der Waals surface area contributed by atoms with Crippen LogP contribution in [-0.4, -0.2) is 53.7 Å². The average Bonchev–Trinajstić information content (AvgIpc) is 2.74. The molecule has 0 radical (unpaired) electrons. The number of hydrogen-bond acceptors (Lipinski definition) is 4. The Labute approximate surface area is 168 Å². The van der Waals surface area contributed by atoms with Crippen LogP contribution in [0.4, 0.5) is 0 Å². The minimum atomic E-state index is -0.630. The standard InChI is InChI=1S/C23H31N3O2/c1-18-6-8-19(9-7-18)22(28)20-10-14-26(15-11-20)16-21(27)25(2)23(17-24)12-4-3-5-13-23/h6-9,20H,3-5,10-16H2,1-2H3. The number of ketones is 1. The summed E-state index contributed by atoms with van der Waals surface area (Å²) in [6.45, 7) is 3.86. The van der Waals surface area contributed by atoms with Crippen molar-refractivity contribution in [3.05, 3.63) is 35.4 Å². The van der Waals surface area contributed by atoms with E-state index in [-0.39, 0.29) is 17.6 Å². The molecule has 1 saturated carbocycles. The predicted molar refractivity (Wildman–Crippen MR) is 109 cm³/mol. The Bertz CT molecular complexity index is 736. The molecular weight excluding hydrogens is 350 g/mol. The van der Waals surface area contributed by atoms with Crippen LogP contribution in [0.25, 0.3) is 0 Å². The van der Waals surface area contributed by atoms with Crippen LogP contribution in [0.15, 0.2) is 24.3 Å².